The molecule has 0 saturated carbocycles. The van der Waals surface area contributed by atoms with E-state index in [-0.39, 0.29) is 18.1 Å². The lowest BCUT2D eigenvalue weighted by Gasteiger charge is -2.19. The Morgan fingerprint density at radius 2 is 1.90 bits per heavy atom. The zero-order chi connectivity index (χ0) is 20.2. The van der Waals surface area contributed by atoms with E-state index in [9.17, 15) is 9.18 Å². The fourth-order valence-corrected chi connectivity index (χ4v) is 3.05. The van der Waals surface area contributed by atoms with Crippen LogP contribution >= 0.6 is 0 Å². The second kappa shape index (κ2) is 8.01. The van der Waals surface area contributed by atoms with Crippen LogP contribution in [0.4, 0.5) is 4.39 Å². The summed E-state index contributed by atoms with van der Waals surface area (Å²) >= 11 is 0. The van der Waals surface area contributed by atoms with Crippen molar-refractivity contribution in [3.05, 3.63) is 90.0 Å². The van der Waals surface area contributed by atoms with Gasteiger partial charge in [-0.15, -0.1) is 5.10 Å². The third kappa shape index (κ3) is 4.18. The van der Waals surface area contributed by atoms with E-state index in [0.717, 1.165) is 16.8 Å². The second-order valence-corrected chi connectivity index (χ2v) is 6.55. The number of nitrogens with zero attached hydrogens (tertiary/aromatic N) is 6. The van der Waals surface area contributed by atoms with Gasteiger partial charge in [0.15, 0.2) is 0 Å². The van der Waals surface area contributed by atoms with Crippen LogP contribution < -0.4 is 5.32 Å². The fourth-order valence-electron chi connectivity index (χ4n) is 3.05. The number of imidazole rings is 1. The molecular formula is C20H18FN7O. The largest absolute Gasteiger partial charge is 0.342 e. The van der Waals surface area contributed by atoms with Crippen molar-refractivity contribution in [3.63, 3.8) is 0 Å². The summed E-state index contributed by atoms with van der Waals surface area (Å²) in [6.45, 7) is 0. The van der Waals surface area contributed by atoms with Gasteiger partial charge in [-0.05, 0) is 45.8 Å². The van der Waals surface area contributed by atoms with E-state index >= 15 is 0 Å². The van der Waals surface area contributed by atoms with Crippen LogP contribution in [0.5, 0.6) is 0 Å². The highest BCUT2D eigenvalue weighted by Crippen LogP contribution is 2.21. The van der Waals surface area contributed by atoms with Crippen molar-refractivity contribution in [1.82, 2.24) is 35.1 Å². The number of carbonyl (C=O) groups excluding carboxylic acids is 1. The average Bonchev–Trinajstić information content (AvgIpc) is 3.40. The van der Waals surface area contributed by atoms with E-state index in [1.165, 1.54) is 23.1 Å². The van der Waals surface area contributed by atoms with E-state index in [2.05, 4.69) is 25.8 Å². The lowest BCUT2D eigenvalue weighted by atomic mass is 10.0. The summed E-state index contributed by atoms with van der Waals surface area (Å²) in [7, 11) is 1.85. The standard InChI is InChI=1S/C20H18FN7O/c1-27-11-10-22-20(27)19(15-4-6-16(21)7-5-15)24-18(29)12-14-2-8-17(9-3-14)28-13-23-25-26-28/h2-11,13,19H,12H2,1H3,(H,24,29). The van der Waals surface area contributed by atoms with E-state index < -0.39 is 6.04 Å². The number of benzene rings is 2. The van der Waals surface area contributed by atoms with Gasteiger partial charge >= 0.3 is 0 Å². The monoisotopic (exact) mass is 391 g/mol. The summed E-state index contributed by atoms with van der Waals surface area (Å²) < 4.78 is 16.7. The van der Waals surface area contributed by atoms with Crippen molar-refractivity contribution in [2.45, 2.75) is 12.5 Å². The number of halogens is 1. The van der Waals surface area contributed by atoms with Gasteiger partial charge in [0, 0.05) is 19.4 Å². The molecule has 0 bridgehead atoms. The maximum atomic E-state index is 13.3. The molecule has 1 atom stereocenters. The van der Waals surface area contributed by atoms with Gasteiger partial charge in [-0.2, -0.15) is 0 Å². The molecule has 2 aromatic carbocycles. The molecule has 0 spiro atoms. The van der Waals surface area contributed by atoms with Gasteiger partial charge in [0.25, 0.3) is 0 Å². The SMILES string of the molecule is Cn1ccnc1C(NC(=O)Cc1ccc(-n2cnnn2)cc1)c1ccc(F)cc1. The molecule has 9 heteroatoms. The van der Waals surface area contributed by atoms with E-state index in [1.54, 1.807) is 24.5 Å². The summed E-state index contributed by atoms with van der Waals surface area (Å²) in [6, 6.07) is 12.9. The van der Waals surface area contributed by atoms with Gasteiger partial charge in [-0.3, -0.25) is 4.79 Å². The molecule has 0 saturated heterocycles. The predicted molar refractivity (Wildman–Crippen MR) is 102 cm³/mol. The van der Waals surface area contributed by atoms with Crippen molar-refractivity contribution < 1.29 is 9.18 Å². The molecule has 4 aromatic rings. The summed E-state index contributed by atoms with van der Waals surface area (Å²) in [5, 5.41) is 14.0. The zero-order valence-electron chi connectivity index (χ0n) is 15.6. The predicted octanol–water partition coefficient (Wildman–Crippen LogP) is 1.98. The van der Waals surface area contributed by atoms with Gasteiger partial charge in [0.1, 0.15) is 24.0 Å². The highest BCUT2D eigenvalue weighted by Gasteiger charge is 2.21. The van der Waals surface area contributed by atoms with Crippen molar-refractivity contribution in [2.75, 3.05) is 0 Å². The van der Waals surface area contributed by atoms with Gasteiger partial charge in [0.05, 0.1) is 12.1 Å². The molecule has 2 aromatic heterocycles. The molecule has 1 amide bonds. The first kappa shape index (κ1) is 18.5. The Kier molecular flexibility index (Phi) is 5.10. The lowest BCUT2D eigenvalue weighted by Crippen LogP contribution is -2.32. The third-order valence-electron chi connectivity index (χ3n) is 4.54. The van der Waals surface area contributed by atoms with Crippen LogP contribution in [0, 0.1) is 5.82 Å². The minimum Gasteiger partial charge on any atom is -0.342 e. The van der Waals surface area contributed by atoms with Crippen LogP contribution in [0.2, 0.25) is 0 Å². The Balaban J connectivity index is 1.51. The molecule has 2 heterocycles. The minimum absolute atomic E-state index is 0.169. The number of hydrogen-bond donors (Lipinski definition) is 1. The summed E-state index contributed by atoms with van der Waals surface area (Å²) in [5.74, 6) is 0.165. The lowest BCUT2D eigenvalue weighted by molar-refractivity contribution is -0.121. The number of rotatable bonds is 6. The third-order valence-corrected chi connectivity index (χ3v) is 4.54. The van der Waals surface area contributed by atoms with Crippen LogP contribution in [0.3, 0.4) is 0 Å². The number of nitrogens with one attached hydrogen (secondary N) is 1. The molecule has 0 fully saturated rings. The minimum atomic E-state index is -0.483. The number of aryl methyl sites for hydroxylation is 1. The van der Waals surface area contributed by atoms with E-state index in [0.29, 0.717) is 5.82 Å². The number of carbonyl (C=O) groups is 1. The Morgan fingerprint density at radius 3 is 2.52 bits per heavy atom. The second-order valence-electron chi connectivity index (χ2n) is 6.55. The molecule has 1 unspecified atom stereocenters. The number of aromatic nitrogens is 6. The molecule has 29 heavy (non-hydrogen) atoms. The first-order valence-electron chi connectivity index (χ1n) is 8.94. The summed E-state index contributed by atoms with van der Waals surface area (Å²) in [6.07, 6.45) is 5.16. The summed E-state index contributed by atoms with van der Waals surface area (Å²) in [4.78, 5) is 17.1. The highest BCUT2D eigenvalue weighted by atomic mass is 19.1. The van der Waals surface area contributed by atoms with Crippen molar-refractivity contribution in [3.8, 4) is 5.69 Å². The quantitative estimate of drug-likeness (QED) is 0.543. The number of tetrazole rings is 1. The Labute approximate surface area is 166 Å². The highest BCUT2D eigenvalue weighted by molar-refractivity contribution is 5.79. The number of hydrogen-bond acceptors (Lipinski definition) is 5. The fraction of sp³-hybridized carbons (Fsp3) is 0.150. The Hall–Kier alpha value is -3.88. The van der Waals surface area contributed by atoms with E-state index in [4.69, 9.17) is 0 Å². The summed E-state index contributed by atoms with van der Waals surface area (Å²) in [5.41, 5.74) is 2.40. The molecule has 8 nitrogen and oxygen atoms in total. The number of amides is 1. The molecule has 4 rings (SSSR count). The van der Waals surface area contributed by atoms with Crippen molar-refractivity contribution >= 4 is 5.91 Å². The Bertz CT molecular complexity index is 1090. The first-order valence-corrected chi connectivity index (χ1v) is 8.94. The molecule has 0 aliphatic heterocycles. The van der Waals surface area contributed by atoms with Gasteiger partial charge in [-0.1, -0.05) is 24.3 Å². The average molecular weight is 391 g/mol. The van der Waals surface area contributed by atoms with Gasteiger partial charge < -0.3 is 9.88 Å². The maximum Gasteiger partial charge on any atom is 0.225 e. The topological polar surface area (TPSA) is 90.5 Å². The zero-order valence-corrected chi connectivity index (χ0v) is 15.6. The molecular weight excluding hydrogens is 373 g/mol. The van der Waals surface area contributed by atoms with Crippen molar-refractivity contribution in [2.24, 2.45) is 7.05 Å². The molecule has 0 aliphatic carbocycles. The maximum absolute atomic E-state index is 13.3. The van der Waals surface area contributed by atoms with Crippen molar-refractivity contribution in [1.29, 1.82) is 0 Å². The van der Waals surface area contributed by atoms with Crippen LogP contribution in [-0.2, 0) is 18.3 Å². The van der Waals surface area contributed by atoms with Crippen LogP contribution in [0.1, 0.15) is 23.0 Å². The molecule has 0 radical (unpaired) electrons. The normalized spacial score (nSPS) is 11.9. The van der Waals surface area contributed by atoms with Crippen LogP contribution in [0.25, 0.3) is 5.69 Å². The van der Waals surface area contributed by atoms with Gasteiger partial charge in [0.2, 0.25) is 5.91 Å². The molecule has 146 valence electrons. The van der Waals surface area contributed by atoms with Gasteiger partial charge in [-0.25, -0.2) is 14.1 Å². The molecule has 1 N–H and O–H groups in total. The molecule has 0 aliphatic rings. The Morgan fingerprint density at radius 1 is 1.14 bits per heavy atom. The van der Waals surface area contributed by atoms with Crippen LogP contribution in [0.15, 0.2) is 67.3 Å². The smallest absolute Gasteiger partial charge is 0.225 e. The van der Waals surface area contributed by atoms with Crippen LogP contribution in [-0.4, -0.2) is 35.7 Å². The van der Waals surface area contributed by atoms with E-state index in [1.807, 2.05) is 35.9 Å². The first-order chi connectivity index (χ1) is 14.1.